The Balaban J connectivity index is 1.29. The average molecular weight is 459 g/mol. The maximum Gasteiger partial charge on any atom is 0.251 e. The van der Waals surface area contributed by atoms with Gasteiger partial charge in [-0.1, -0.05) is 47.5 Å². The molecule has 33 heavy (non-hydrogen) atoms. The van der Waals surface area contributed by atoms with Gasteiger partial charge in [-0.05, 0) is 56.9 Å². The van der Waals surface area contributed by atoms with Crippen molar-refractivity contribution in [1.29, 1.82) is 0 Å². The molecular formula is C27H27ClN4O. The summed E-state index contributed by atoms with van der Waals surface area (Å²) < 4.78 is 0. The van der Waals surface area contributed by atoms with Gasteiger partial charge in [-0.25, -0.2) is 4.98 Å². The number of benzene rings is 2. The van der Waals surface area contributed by atoms with Crippen LogP contribution in [0.3, 0.4) is 0 Å². The Morgan fingerprint density at radius 1 is 1.06 bits per heavy atom. The highest BCUT2D eigenvalue weighted by atomic mass is 35.5. The van der Waals surface area contributed by atoms with Crippen molar-refractivity contribution in [2.75, 3.05) is 5.32 Å². The Bertz CT molecular complexity index is 1280. The Labute approximate surface area is 198 Å². The maximum atomic E-state index is 12.6. The van der Waals surface area contributed by atoms with Crippen molar-refractivity contribution < 1.29 is 4.79 Å². The van der Waals surface area contributed by atoms with Crippen LogP contribution in [0, 0.1) is 6.92 Å². The third kappa shape index (κ3) is 4.74. The van der Waals surface area contributed by atoms with Gasteiger partial charge in [-0.15, -0.1) is 0 Å². The minimum absolute atomic E-state index is 0.00751. The number of para-hydroxylation sites is 1. The third-order valence-electron chi connectivity index (χ3n) is 6.41. The van der Waals surface area contributed by atoms with Gasteiger partial charge in [0.1, 0.15) is 5.82 Å². The first-order valence-electron chi connectivity index (χ1n) is 11.4. The summed E-state index contributed by atoms with van der Waals surface area (Å²) in [6.45, 7) is 2.02. The highest BCUT2D eigenvalue weighted by Crippen LogP contribution is 2.35. The summed E-state index contributed by atoms with van der Waals surface area (Å²) in [7, 11) is 0. The summed E-state index contributed by atoms with van der Waals surface area (Å²) in [4.78, 5) is 20.5. The van der Waals surface area contributed by atoms with Gasteiger partial charge in [0.25, 0.3) is 5.91 Å². The number of rotatable bonds is 5. The summed E-state index contributed by atoms with van der Waals surface area (Å²) in [5.41, 5.74) is 4.95. The van der Waals surface area contributed by atoms with Crippen LogP contribution in [-0.4, -0.2) is 28.0 Å². The molecule has 5 rings (SSSR count). The second-order valence-electron chi connectivity index (χ2n) is 8.84. The normalized spacial score (nSPS) is 18.2. The number of fused-ring (bicyclic) bond motifs is 1. The zero-order valence-corrected chi connectivity index (χ0v) is 19.3. The average Bonchev–Trinajstić information content (AvgIpc) is 3.25. The van der Waals surface area contributed by atoms with E-state index in [9.17, 15) is 4.79 Å². The van der Waals surface area contributed by atoms with Crippen LogP contribution in [0.25, 0.3) is 22.0 Å². The Morgan fingerprint density at radius 2 is 1.85 bits per heavy atom. The lowest BCUT2D eigenvalue weighted by Gasteiger charge is -2.30. The highest BCUT2D eigenvalue weighted by Gasteiger charge is 2.24. The number of hydrogen-bond acceptors (Lipinski definition) is 3. The van der Waals surface area contributed by atoms with Gasteiger partial charge in [0, 0.05) is 52.1 Å². The number of hydrogen-bond donors (Lipinski definition) is 3. The minimum atomic E-state index is -0.00751. The second-order valence-corrected chi connectivity index (χ2v) is 9.25. The summed E-state index contributed by atoms with van der Waals surface area (Å²) >= 11 is 6.53. The van der Waals surface area contributed by atoms with Gasteiger partial charge in [-0.3, -0.25) is 4.79 Å². The zero-order chi connectivity index (χ0) is 22.8. The van der Waals surface area contributed by atoms with Crippen molar-refractivity contribution in [1.82, 2.24) is 15.3 Å². The van der Waals surface area contributed by atoms with Crippen LogP contribution in [-0.2, 0) is 0 Å². The van der Waals surface area contributed by atoms with E-state index in [4.69, 9.17) is 11.6 Å². The summed E-state index contributed by atoms with van der Waals surface area (Å²) in [6.07, 6.45) is 7.66. The molecule has 1 saturated carbocycles. The number of nitrogens with zero attached hydrogens (tertiary/aromatic N) is 1. The molecular weight excluding hydrogens is 432 g/mol. The molecule has 1 amide bonds. The number of aryl methyl sites for hydroxylation is 1. The molecule has 0 saturated heterocycles. The first kappa shape index (κ1) is 21.5. The zero-order valence-electron chi connectivity index (χ0n) is 18.6. The van der Waals surface area contributed by atoms with Gasteiger partial charge in [-0.2, -0.15) is 0 Å². The van der Waals surface area contributed by atoms with E-state index in [1.54, 1.807) is 6.20 Å². The van der Waals surface area contributed by atoms with Crippen LogP contribution in [0.1, 0.15) is 41.6 Å². The fraction of sp³-hybridized carbons (Fsp3) is 0.259. The molecule has 0 unspecified atom stereocenters. The van der Waals surface area contributed by atoms with Crippen molar-refractivity contribution in [3.8, 4) is 11.1 Å². The molecule has 4 aromatic rings. The van der Waals surface area contributed by atoms with Crippen LogP contribution in [0.5, 0.6) is 0 Å². The van der Waals surface area contributed by atoms with Crippen molar-refractivity contribution >= 4 is 34.2 Å². The van der Waals surface area contributed by atoms with E-state index in [0.29, 0.717) is 10.6 Å². The van der Waals surface area contributed by atoms with Crippen LogP contribution in [0.4, 0.5) is 5.82 Å². The van der Waals surface area contributed by atoms with Crippen LogP contribution < -0.4 is 10.6 Å². The number of carbonyl (C=O) groups excluding carboxylic acids is 1. The number of amides is 1. The summed E-state index contributed by atoms with van der Waals surface area (Å²) in [6, 6.07) is 18.3. The van der Waals surface area contributed by atoms with Crippen LogP contribution in [0.2, 0.25) is 5.02 Å². The number of aromatic amines is 1. The molecule has 2 aromatic heterocycles. The monoisotopic (exact) mass is 458 g/mol. The number of aromatic nitrogens is 2. The Kier molecular flexibility index (Phi) is 6.05. The second kappa shape index (κ2) is 9.28. The van der Waals surface area contributed by atoms with E-state index in [-0.39, 0.29) is 18.0 Å². The highest BCUT2D eigenvalue weighted by molar-refractivity contribution is 6.33. The van der Waals surface area contributed by atoms with Crippen molar-refractivity contribution in [3.05, 3.63) is 83.1 Å². The van der Waals surface area contributed by atoms with Crippen molar-refractivity contribution in [3.63, 3.8) is 0 Å². The van der Waals surface area contributed by atoms with Crippen molar-refractivity contribution in [2.45, 2.75) is 44.7 Å². The molecule has 6 heteroatoms. The SMILES string of the molecule is Cc1ccc(C(=O)N[C@H]2CCC[C@@H](Nc3cc(-c4c[nH]c5ccccc45)c(Cl)cn3)C2)cc1. The van der Waals surface area contributed by atoms with Gasteiger partial charge >= 0.3 is 0 Å². The third-order valence-corrected chi connectivity index (χ3v) is 6.71. The Morgan fingerprint density at radius 3 is 2.70 bits per heavy atom. The molecule has 0 bridgehead atoms. The van der Waals surface area contributed by atoms with Gasteiger partial charge in [0.05, 0.1) is 5.02 Å². The Hall–Kier alpha value is -3.31. The molecule has 2 heterocycles. The van der Waals surface area contributed by atoms with E-state index in [2.05, 4.69) is 32.7 Å². The first-order valence-corrected chi connectivity index (χ1v) is 11.8. The lowest BCUT2D eigenvalue weighted by atomic mass is 9.90. The van der Waals surface area contributed by atoms with Crippen LogP contribution >= 0.6 is 11.6 Å². The molecule has 0 radical (unpaired) electrons. The smallest absolute Gasteiger partial charge is 0.251 e. The molecule has 1 aliphatic carbocycles. The summed E-state index contributed by atoms with van der Waals surface area (Å²) in [5.74, 6) is 0.794. The van der Waals surface area contributed by atoms with Gasteiger partial charge in [0.2, 0.25) is 0 Å². The fourth-order valence-corrected chi connectivity index (χ4v) is 4.86. The standard InChI is InChI=1S/C27H27ClN4O/c1-17-9-11-18(12-10-17)27(33)32-20-6-4-5-19(13-20)31-26-14-22(24(28)16-30-26)23-15-29-25-8-3-2-7-21(23)25/h2-3,7-12,14-16,19-20,29H,4-6,13H2,1H3,(H,30,31)(H,32,33)/t19-,20+/m1/s1. The maximum absolute atomic E-state index is 12.6. The van der Waals surface area contributed by atoms with E-state index >= 15 is 0 Å². The van der Waals surface area contributed by atoms with Gasteiger partial charge < -0.3 is 15.6 Å². The van der Waals surface area contributed by atoms with E-state index in [0.717, 1.165) is 59.1 Å². The lowest BCUT2D eigenvalue weighted by molar-refractivity contribution is 0.0926. The number of halogens is 1. The first-order chi connectivity index (χ1) is 16.1. The van der Waals surface area contributed by atoms with Gasteiger partial charge in [0.15, 0.2) is 0 Å². The van der Waals surface area contributed by atoms with Crippen molar-refractivity contribution in [2.24, 2.45) is 0 Å². The molecule has 0 spiro atoms. The molecule has 1 fully saturated rings. The van der Waals surface area contributed by atoms with E-state index in [1.807, 2.05) is 55.6 Å². The molecule has 3 N–H and O–H groups in total. The molecule has 2 aromatic carbocycles. The number of anilines is 1. The molecule has 0 aliphatic heterocycles. The molecule has 1 aliphatic rings. The minimum Gasteiger partial charge on any atom is -0.367 e. The van der Waals surface area contributed by atoms with E-state index < -0.39 is 0 Å². The number of carbonyl (C=O) groups is 1. The number of pyridine rings is 1. The topological polar surface area (TPSA) is 69.8 Å². The molecule has 168 valence electrons. The van der Waals surface area contributed by atoms with Crippen LogP contribution in [0.15, 0.2) is 67.0 Å². The lowest BCUT2D eigenvalue weighted by Crippen LogP contribution is -2.41. The number of H-pyrrole nitrogens is 1. The molecule has 2 atom stereocenters. The predicted octanol–water partition coefficient (Wildman–Crippen LogP) is 6.34. The largest absolute Gasteiger partial charge is 0.367 e. The van der Waals surface area contributed by atoms with E-state index in [1.165, 1.54) is 0 Å². The predicted molar refractivity (Wildman–Crippen MR) is 135 cm³/mol. The fourth-order valence-electron chi connectivity index (χ4n) is 4.65. The quantitative estimate of drug-likeness (QED) is 0.326. The summed E-state index contributed by atoms with van der Waals surface area (Å²) in [5, 5.41) is 8.54. The number of nitrogens with one attached hydrogen (secondary N) is 3. The molecule has 5 nitrogen and oxygen atoms in total.